The second-order valence-electron chi connectivity index (χ2n) is 5.28. The summed E-state index contributed by atoms with van der Waals surface area (Å²) in [5, 5.41) is 12.2. The van der Waals surface area contributed by atoms with E-state index in [2.05, 4.69) is 49.2 Å². The van der Waals surface area contributed by atoms with Crippen molar-refractivity contribution in [1.29, 1.82) is 5.26 Å². The Labute approximate surface area is 110 Å². The Morgan fingerprint density at radius 1 is 1.39 bits per heavy atom. The third-order valence-electron chi connectivity index (χ3n) is 2.59. The molecule has 0 aromatic carbocycles. The van der Waals surface area contributed by atoms with Gasteiger partial charge in [-0.2, -0.15) is 5.26 Å². The number of hydrogen-bond donors (Lipinski definition) is 1. The smallest absolute Gasteiger partial charge is 0.126 e. The van der Waals surface area contributed by atoms with Gasteiger partial charge in [0.1, 0.15) is 11.9 Å². The number of nitriles is 1. The van der Waals surface area contributed by atoms with Crippen LogP contribution in [0.15, 0.2) is 18.3 Å². The molecule has 4 nitrogen and oxygen atoms in total. The predicted molar refractivity (Wildman–Crippen MR) is 74.4 cm³/mol. The molecule has 0 bridgehead atoms. The first-order valence-electron chi connectivity index (χ1n) is 6.28. The van der Waals surface area contributed by atoms with Gasteiger partial charge in [0.05, 0.1) is 5.56 Å². The minimum Gasteiger partial charge on any atom is -0.366 e. The van der Waals surface area contributed by atoms with Gasteiger partial charge < -0.3 is 10.2 Å². The fraction of sp³-hybridized carbons (Fsp3) is 0.571. The number of likely N-dealkylation sites (N-methyl/N-ethyl adjacent to an activating group) is 1. The fourth-order valence-electron chi connectivity index (χ4n) is 1.94. The maximum atomic E-state index is 8.73. The van der Waals surface area contributed by atoms with E-state index in [1.54, 1.807) is 12.3 Å². The molecule has 0 saturated heterocycles. The Balaban J connectivity index is 2.66. The summed E-state index contributed by atoms with van der Waals surface area (Å²) in [7, 11) is 4.14. The Morgan fingerprint density at radius 3 is 2.56 bits per heavy atom. The van der Waals surface area contributed by atoms with Crippen LogP contribution in [-0.4, -0.2) is 36.6 Å². The summed E-state index contributed by atoms with van der Waals surface area (Å²) in [6.07, 6.45) is 2.70. The molecule has 0 spiro atoms. The molecule has 1 heterocycles. The molecular weight excluding hydrogens is 224 g/mol. The highest BCUT2D eigenvalue weighted by atomic mass is 15.1. The van der Waals surface area contributed by atoms with Gasteiger partial charge in [0, 0.05) is 18.8 Å². The van der Waals surface area contributed by atoms with E-state index in [1.807, 2.05) is 6.07 Å². The summed E-state index contributed by atoms with van der Waals surface area (Å²) in [4.78, 5) is 6.42. The molecular formula is C14H22N4. The van der Waals surface area contributed by atoms with Crippen LogP contribution in [0, 0.1) is 17.2 Å². The average Bonchev–Trinajstić information content (AvgIpc) is 2.28. The molecule has 0 aliphatic carbocycles. The molecule has 0 aliphatic heterocycles. The standard InChI is InChI=1S/C14H22N4/c1-11(2)7-13(10-18(3)4)17-14-6-5-12(8-15)9-16-14/h5-6,9,11,13H,7,10H2,1-4H3,(H,16,17). The molecule has 1 rings (SSSR count). The second-order valence-corrected chi connectivity index (χ2v) is 5.28. The van der Waals surface area contributed by atoms with E-state index < -0.39 is 0 Å². The third-order valence-corrected chi connectivity index (χ3v) is 2.59. The lowest BCUT2D eigenvalue weighted by Gasteiger charge is -2.24. The Bertz CT molecular complexity index is 379. The lowest BCUT2D eigenvalue weighted by Crippen LogP contribution is -2.33. The molecule has 1 unspecified atom stereocenters. The summed E-state index contributed by atoms with van der Waals surface area (Å²) in [6.45, 7) is 5.41. The van der Waals surface area contributed by atoms with Crippen molar-refractivity contribution in [1.82, 2.24) is 9.88 Å². The van der Waals surface area contributed by atoms with Gasteiger partial charge in [-0.1, -0.05) is 13.8 Å². The first kappa shape index (κ1) is 14.5. The highest BCUT2D eigenvalue weighted by molar-refractivity contribution is 5.39. The molecule has 0 aliphatic rings. The SMILES string of the molecule is CC(C)CC(CN(C)C)Nc1ccc(C#N)cn1. The number of nitrogens with one attached hydrogen (secondary N) is 1. The molecule has 1 aromatic heterocycles. The van der Waals surface area contributed by atoms with E-state index in [0.717, 1.165) is 18.8 Å². The monoisotopic (exact) mass is 246 g/mol. The van der Waals surface area contributed by atoms with Crippen LogP contribution in [0.25, 0.3) is 0 Å². The summed E-state index contributed by atoms with van der Waals surface area (Å²) < 4.78 is 0. The number of pyridine rings is 1. The van der Waals surface area contributed by atoms with Crippen molar-refractivity contribution in [2.24, 2.45) is 5.92 Å². The minimum atomic E-state index is 0.375. The summed E-state index contributed by atoms with van der Waals surface area (Å²) in [5.41, 5.74) is 0.591. The number of rotatable bonds is 6. The van der Waals surface area contributed by atoms with Crippen molar-refractivity contribution in [2.75, 3.05) is 26.0 Å². The van der Waals surface area contributed by atoms with Crippen LogP contribution in [-0.2, 0) is 0 Å². The van der Waals surface area contributed by atoms with Crippen LogP contribution in [0.3, 0.4) is 0 Å². The molecule has 1 aromatic rings. The van der Waals surface area contributed by atoms with Gasteiger partial charge in [0.15, 0.2) is 0 Å². The summed E-state index contributed by atoms with van der Waals surface area (Å²) in [5.74, 6) is 1.47. The van der Waals surface area contributed by atoms with Crippen LogP contribution in [0.4, 0.5) is 5.82 Å². The normalized spacial score (nSPS) is 12.5. The van der Waals surface area contributed by atoms with Gasteiger partial charge in [0.25, 0.3) is 0 Å². The van der Waals surface area contributed by atoms with Crippen LogP contribution in [0.5, 0.6) is 0 Å². The second kappa shape index (κ2) is 6.97. The zero-order valence-corrected chi connectivity index (χ0v) is 11.6. The van der Waals surface area contributed by atoms with Crippen molar-refractivity contribution >= 4 is 5.82 Å². The Morgan fingerprint density at radius 2 is 2.11 bits per heavy atom. The van der Waals surface area contributed by atoms with Crippen LogP contribution >= 0.6 is 0 Å². The number of hydrogen-bond acceptors (Lipinski definition) is 4. The lowest BCUT2D eigenvalue weighted by molar-refractivity contribution is 0.356. The lowest BCUT2D eigenvalue weighted by atomic mass is 10.0. The van der Waals surface area contributed by atoms with Crippen LogP contribution in [0.1, 0.15) is 25.8 Å². The Kier molecular flexibility index (Phi) is 5.60. The predicted octanol–water partition coefficient (Wildman–Crippen LogP) is 2.34. The van der Waals surface area contributed by atoms with Crippen molar-refractivity contribution < 1.29 is 0 Å². The highest BCUT2D eigenvalue weighted by Gasteiger charge is 2.12. The van der Waals surface area contributed by atoms with Crippen LogP contribution in [0.2, 0.25) is 0 Å². The number of aromatic nitrogens is 1. The van der Waals surface area contributed by atoms with Gasteiger partial charge in [-0.3, -0.25) is 0 Å². The fourth-order valence-corrected chi connectivity index (χ4v) is 1.94. The highest BCUT2D eigenvalue weighted by Crippen LogP contribution is 2.12. The van der Waals surface area contributed by atoms with Gasteiger partial charge in [-0.15, -0.1) is 0 Å². The molecule has 0 amide bonds. The summed E-state index contributed by atoms with van der Waals surface area (Å²) >= 11 is 0. The van der Waals surface area contributed by atoms with Crippen molar-refractivity contribution in [3.8, 4) is 6.07 Å². The molecule has 4 heteroatoms. The average molecular weight is 246 g/mol. The van der Waals surface area contributed by atoms with Crippen LogP contribution < -0.4 is 5.32 Å². The number of anilines is 1. The van der Waals surface area contributed by atoms with E-state index in [1.165, 1.54) is 0 Å². The van der Waals surface area contributed by atoms with E-state index in [-0.39, 0.29) is 0 Å². The largest absolute Gasteiger partial charge is 0.366 e. The zero-order chi connectivity index (χ0) is 13.5. The van der Waals surface area contributed by atoms with Crippen molar-refractivity contribution in [3.05, 3.63) is 23.9 Å². The molecule has 0 fully saturated rings. The maximum absolute atomic E-state index is 8.73. The number of nitrogens with zero attached hydrogens (tertiary/aromatic N) is 3. The van der Waals surface area contributed by atoms with Gasteiger partial charge in [-0.05, 0) is 38.6 Å². The van der Waals surface area contributed by atoms with Gasteiger partial charge in [-0.25, -0.2) is 4.98 Å². The molecule has 98 valence electrons. The quantitative estimate of drug-likeness (QED) is 0.837. The third kappa shape index (κ3) is 5.15. The summed E-state index contributed by atoms with van der Waals surface area (Å²) in [6, 6.07) is 6.10. The zero-order valence-electron chi connectivity index (χ0n) is 11.6. The van der Waals surface area contributed by atoms with Gasteiger partial charge in [0.2, 0.25) is 0 Å². The van der Waals surface area contributed by atoms with E-state index in [0.29, 0.717) is 17.5 Å². The Hall–Kier alpha value is -1.60. The molecule has 1 atom stereocenters. The van der Waals surface area contributed by atoms with E-state index in [9.17, 15) is 0 Å². The van der Waals surface area contributed by atoms with Crippen molar-refractivity contribution in [3.63, 3.8) is 0 Å². The first-order valence-corrected chi connectivity index (χ1v) is 6.28. The molecule has 18 heavy (non-hydrogen) atoms. The van der Waals surface area contributed by atoms with E-state index in [4.69, 9.17) is 5.26 Å². The maximum Gasteiger partial charge on any atom is 0.126 e. The minimum absolute atomic E-state index is 0.375. The molecule has 1 N–H and O–H groups in total. The van der Waals surface area contributed by atoms with Crippen molar-refractivity contribution in [2.45, 2.75) is 26.3 Å². The van der Waals surface area contributed by atoms with Gasteiger partial charge >= 0.3 is 0 Å². The molecule has 0 saturated carbocycles. The molecule has 0 radical (unpaired) electrons. The first-order chi connectivity index (χ1) is 8.51. The van der Waals surface area contributed by atoms with E-state index >= 15 is 0 Å². The topological polar surface area (TPSA) is 52.0 Å².